The summed E-state index contributed by atoms with van der Waals surface area (Å²) in [6, 6.07) is 5.81. The molecule has 0 radical (unpaired) electrons. The number of nitrogens with zero attached hydrogens (tertiary/aromatic N) is 2. The van der Waals surface area contributed by atoms with E-state index >= 15 is 0 Å². The molecule has 0 bridgehead atoms. The van der Waals surface area contributed by atoms with Crippen molar-refractivity contribution in [2.24, 2.45) is 5.92 Å². The maximum atomic E-state index is 12.9. The minimum Gasteiger partial charge on any atom is -0.465 e. The maximum absolute atomic E-state index is 12.9. The van der Waals surface area contributed by atoms with E-state index < -0.39 is 12.0 Å². The van der Waals surface area contributed by atoms with Crippen LogP contribution in [0, 0.1) is 5.92 Å². The Bertz CT molecular complexity index is 769. The molecular formula is C20H25N3O5. The lowest BCUT2D eigenvalue weighted by Gasteiger charge is -2.34. The van der Waals surface area contributed by atoms with Crippen LogP contribution < -0.4 is 10.2 Å². The number of nitrogens with one attached hydrogen (secondary N) is 1. The molecule has 2 heterocycles. The molecule has 2 aliphatic heterocycles. The lowest BCUT2D eigenvalue weighted by atomic mass is 9.95. The van der Waals surface area contributed by atoms with Crippen molar-refractivity contribution in [3.63, 3.8) is 0 Å². The van der Waals surface area contributed by atoms with Gasteiger partial charge in [0.15, 0.2) is 0 Å². The first-order valence-corrected chi connectivity index (χ1v) is 9.44. The number of piperidine rings is 1. The van der Waals surface area contributed by atoms with Gasteiger partial charge in [0.2, 0.25) is 11.8 Å². The Morgan fingerprint density at radius 1 is 1.14 bits per heavy atom. The Morgan fingerprint density at radius 2 is 1.79 bits per heavy atom. The molecule has 8 nitrogen and oxygen atoms in total. The fraction of sp³-hybridized carbons (Fsp3) is 0.500. The van der Waals surface area contributed by atoms with Gasteiger partial charge in [0.05, 0.1) is 30.8 Å². The van der Waals surface area contributed by atoms with E-state index in [1.165, 1.54) is 18.9 Å². The van der Waals surface area contributed by atoms with Crippen LogP contribution in [0.2, 0.25) is 0 Å². The molecule has 0 saturated carbocycles. The van der Waals surface area contributed by atoms with Crippen molar-refractivity contribution in [1.29, 1.82) is 0 Å². The highest BCUT2D eigenvalue weighted by Gasteiger charge is 2.43. The lowest BCUT2D eigenvalue weighted by Crippen LogP contribution is -2.47. The molecule has 0 unspecified atom stereocenters. The number of esters is 1. The number of anilines is 1. The highest BCUT2D eigenvalue weighted by atomic mass is 16.5. The van der Waals surface area contributed by atoms with Crippen LogP contribution in [-0.4, -0.2) is 61.4 Å². The zero-order valence-corrected chi connectivity index (χ0v) is 16.1. The number of imide groups is 1. The van der Waals surface area contributed by atoms with E-state index in [-0.39, 0.29) is 24.1 Å². The Hall–Kier alpha value is -2.74. The number of rotatable bonds is 5. The molecule has 150 valence electrons. The summed E-state index contributed by atoms with van der Waals surface area (Å²) in [6.07, 6.45) is 1.92. The fourth-order valence-electron chi connectivity index (χ4n) is 3.79. The van der Waals surface area contributed by atoms with Crippen LogP contribution in [0.1, 0.15) is 36.5 Å². The third kappa shape index (κ3) is 4.22. The molecule has 1 atom stereocenters. The minimum atomic E-state index is -0.467. The predicted molar refractivity (Wildman–Crippen MR) is 102 cm³/mol. The summed E-state index contributed by atoms with van der Waals surface area (Å²) in [4.78, 5) is 51.3. The summed E-state index contributed by atoms with van der Waals surface area (Å²) in [5.41, 5.74) is 0.828. The zero-order chi connectivity index (χ0) is 20.3. The Labute approximate surface area is 163 Å². The smallest absolute Gasteiger partial charge is 0.337 e. The monoisotopic (exact) mass is 387 g/mol. The van der Waals surface area contributed by atoms with Gasteiger partial charge in [0.1, 0.15) is 0 Å². The van der Waals surface area contributed by atoms with Crippen LogP contribution in [0.15, 0.2) is 24.3 Å². The number of carbonyl (C=O) groups is 4. The largest absolute Gasteiger partial charge is 0.465 e. The summed E-state index contributed by atoms with van der Waals surface area (Å²) in [7, 11) is 1.30. The number of hydrogen-bond acceptors (Lipinski definition) is 6. The second-order valence-electron chi connectivity index (χ2n) is 7.24. The van der Waals surface area contributed by atoms with Crippen molar-refractivity contribution >= 4 is 29.4 Å². The zero-order valence-electron chi connectivity index (χ0n) is 16.1. The Morgan fingerprint density at radius 3 is 2.36 bits per heavy atom. The van der Waals surface area contributed by atoms with Crippen LogP contribution in [0.5, 0.6) is 0 Å². The maximum Gasteiger partial charge on any atom is 0.337 e. The molecular weight excluding hydrogens is 362 g/mol. The highest BCUT2D eigenvalue weighted by Crippen LogP contribution is 2.28. The summed E-state index contributed by atoms with van der Waals surface area (Å²) < 4.78 is 4.66. The van der Waals surface area contributed by atoms with Gasteiger partial charge in [0.25, 0.3) is 5.91 Å². The van der Waals surface area contributed by atoms with Crippen LogP contribution >= 0.6 is 0 Å². The van der Waals surface area contributed by atoms with E-state index in [1.807, 2.05) is 0 Å². The molecule has 28 heavy (non-hydrogen) atoms. The molecule has 0 aromatic heterocycles. The summed E-state index contributed by atoms with van der Waals surface area (Å²) in [6.45, 7) is 3.61. The van der Waals surface area contributed by atoms with Gasteiger partial charge in [0, 0.05) is 13.5 Å². The molecule has 2 saturated heterocycles. The first kappa shape index (κ1) is 20.0. The minimum absolute atomic E-state index is 0.0344. The molecule has 8 heteroatoms. The molecule has 0 spiro atoms. The van der Waals surface area contributed by atoms with Crippen LogP contribution in [-0.2, 0) is 19.1 Å². The van der Waals surface area contributed by atoms with Gasteiger partial charge in [-0.05, 0) is 56.1 Å². The molecule has 1 aromatic carbocycles. The van der Waals surface area contributed by atoms with Gasteiger partial charge in [-0.25, -0.2) is 9.69 Å². The lowest BCUT2D eigenvalue weighted by molar-refractivity contribution is -0.123. The first-order valence-electron chi connectivity index (χ1n) is 9.44. The number of likely N-dealkylation sites (tertiary alicyclic amines) is 1. The number of amides is 3. The van der Waals surface area contributed by atoms with Crippen molar-refractivity contribution in [2.75, 3.05) is 31.6 Å². The SMILES string of the molecule is COC(=O)c1ccc(N2C(=O)C[C@@H](N3CCC(CNC(C)=O)CC3)C2=O)cc1. The molecule has 2 fully saturated rings. The van der Waals surface area contributed by atoms with Gasteiger partial charge in [-0.2, -0.15) is 0 Å². The number of ether oxygens (including phenoxy) is 1. The summed E-state index contributed by atoms with van der Waals surface area (Å²) in [5, 5.41) is 2.84. The van der Waals surface area contributed by atoms with Gasteiger partial charge in [-0.1, -0.05) is 0 Å². The molecule has 3 rings (SSSR count). The van der Waals surface area contributed by atoms with Crippen LogP contribution in [0.4, 0.5) is 5.69 Å². The normalized spacial score (nSPS) is 21.1. The quantitative estimate of drug-likeness (QED) is 0.597. The van der Waals surface area contributed by atoms with E-state index in [0.29, 0.717) is 23.7 Å². The van der Waals surface area contributed by atoms with E-state index in [2.05, 4.69) is 15.0 Å². The molecule has 3 amide bonds. The van der Waals surface area contributed by atoms with Gasteiger partial charge in [-0.15, -0.1) is 0 Å². The van der Waals surface area contributed by atoms with E-state index in [0.717, 1.165) is 25.9 Å². The topological polar surface area (TPSA) is 96.0 Å². The number of methoxy groups -OCH3 is 1. The van der Waals surface area contributed by atoms with E-state index in [4.69, 9.17) is 0 Å². The van der Waals surface area contributed by atoms with Gasteiger partial charge in [-0.3, -0.25) is 19.3 Å². The highest BCUT2D eigenvalue weighted by molar-refractivity contribution is 6.22. The average molecular weight is 387 g/mol. The van der Waals surface area contributed by atoms with Crippen LogP contribution in [0.25, 0.3) is 0 Å². The standard InChI is InChI=1S/C20H25N3O5/c1-13(24)21-12-14-7-9-22(10-8-14)17-11-18(25)23(19(17)26)16-5-3-15(4-6-16)20(27)28-2/h3-6,14,17H,7-12H2,1-2H3,(H,21,24)/t17-/m1/s1. The second kappa shape index (κ2) is 8.52. The van der Waals surface area contributed by atoms with E-state index in [9.17, 15) is 19.2 Å². The predicted octanol–water partition coefficient (Wildman–Crippen LogP) is 0.953. The van der Waals surface area contributed by atoms with E-state index in [1.54, 1.807) is 24.3 Å². The third-order valence-electron chi connectivity index (χ3n) is 5.40. The average Bonchev–Trinajstić information content (AvgIpc) is 3.00. The van der Waals surface area contributed by atoms with Crippen molar-refractivity contribution in [3.8, 4) is 0 Å². The van der Waals surface area contributed by atoms with Gasteiger partial charge >= 0.3 is 5.97 Å². The molecule has 2 aliphatic rings. The summed E-state index contributed by atoms with van der Waals surface area (Å²) in [5.74, 6) is -0.565. The fourth-order valence-corrected chi connectivity index (χ4v) is 3.79. The Balaban J connectivity index is 1.62. The van der Waals surface area contributed by atoms with Crippen molar-refractivity contribution in [2.45, 2.75) is 32.2 Å². The number of hydrogen-bond donors (Lipinski definition) is 1. The summed E-state index contributed by atoms with van der Waals surface area (Å²) >= 11 is 0. The third-order valence-corrected chi connectivity index (χ3v) is 5.40. The van der Waals surface area contributed by atoms with Gasteiger partial charge < -0.3 is 10.1 Å². The number of benzene rings is 1. The molecule has 1 aromatic rings. The number of carbonyl (C=O) groups excluding carboxylic acids is 4. The van der Waals surface area contributed by atoms with Crippen molar-refractivity contribution in [3.05, 3.63) is 29.8 Å². The second-order valence-corrected chi connectivity index (χ2v) is 7.24. The first-order chi connectivity index (χ1) is 13.4. The Kier molecular flexibility index (Phi) is 6.08. The van der Waals surface area contributed by atoms with Crippen molar-refractivity contribution < 1.29 is 23.9 Å². The van der Waals surface area contributed by atoms with Crippen LogP contribution in [0.3, 0.4) is 0 Å². The molecule has 1 N–H and O–H groups in total. The van der Waals surface area contributed by atoms with Crippen molar-refractivity contribution in [1.82, 2.24) is 10.2 Å². The molecule has 0 aliphatic carbocycles.